The number of hydrogen-bond acceptors (Lipinski definition) is 5. The Hall–Kier alpha value is -2.31. The average molecular weight is 192 g/mol. The lowest BCUT2D eigenvalue weighted by molar-refractivity contribution is -0.383. The molecule has 0 aliphatic heterocycles. The van der Waals surface area contributed by atoms with E-state index < -0.39 is 4.92 Å². The van der Waals surface area contributed by atoms with E-state index in [0.29, 0.717) is 11.8 Å². The fourth-order valence-corrected chi connectivity index (χ4v) is 1.19. The zero-order valence-corrected chi connectivity index (χ0v) is 6.80. The molecule has 0 saturated carbocycles. The summed E-state index contributed by atoms with van der Waals surface area (Å²) in [6.45, 7) is 0. The highest BCUT2D eigenvalue weighted by atomic mass is 16.6. The van der Waals surface area contributed by atoms with Crippen LogP contribution in [-0.2, 0) is 0 Å². The second-order valence-electron chi connectivity index (χ2n) is 2.58. The first-order chi connectivity index (χ1) is 6.74. The number of nitro groups is 1. The zero-order chi connectivity index (χ0) is 10.1. The minimum absolute atomic E-state index is 0.0969. The predicted octanol–water partition coefficient (Wildman–Crippen LogP) is 0.679. The number of hydrogen-bond donors (Lipinski definition) is 1. The monoisotopic (exact) mass is 192 g/mol. The van der Waals surface area contributed by atoms with Crippen molar-refractivity contribution in [3.8, 4) is 0 Å². The van der Waals surface area contributed by atoms with Gasteiger partial charge >= 0.3 is 0 Å². The first-order valence-electron chi connectivity index (χ1n) is 3.67. The van der Waals surface area contributed by atoms with Gasteiger partial charge in [-0.2, -0.15) is 0 Å². The van der Waals surface area contributed by atoms with Gasteiger partial charge in [-0.3, -0.25) is 20.0 Å². The Kier molecular flexibility index (Phi) is 1.70. The van der Waals surface area contributed by atoms with E-state index in [-0.39, 0.29) is 16.7 Å². The largest absolute Gasteiger partial charge is 0.299 e. The first kappa shape index (κ1) is 8.30. The van der Waals surface area contributed by atoms with Crippen LogP contribution in [0, 0.1) is 10.1 Å². The van der Waals surface area contributed by atoms with Gasteiger partial charge in [0.2, 0.25) is 0 Å². The number of fused-ring (bicyclic) bond motifs is 1. The number of non-ortho nitro benzene ring substituents is 1. The van der Waals surface area contributed by atoms with E-state index in [1.807, 2.05) is 0 Å². The lowest BCUT2D eigenvalue weighted by atomic mass is 10.2. The van der Waals surface area contributed by atoms with Crippen LogP contribution in [0.25, 0.3) is 11.0 Å². The Morgan fingerprint density at radius 1 is 1.50 bits per heavy atom. The molecule has 0 fully saturated rings. The van der Waals surface area contributed by atoms with Crippen molar-refractivity contribution in [2.45, 2.75) is 0 Å². The van der Waals surface area contributed by atoms with E-state index in [1.54, 1.807) is 0 Å². The molecule has 0 radical (unpaired) electrons. The number of aromatic amines is 1. The summed E-state index contributed by atoms with van der Waals surface area (Å²) in [6.07, 6.45) is 0.589. The second-order valence-corrected chi connectivity index (χ2v) is 2.58. The molecule has 14 heavy (non-hydrogen) atoms. The molecule has 0 saturated heterocycles. The van der Waals surface area contributed by atoms with Gasteiger partial charge in [-0.05, 0) is 6.07 Å². The molecule has 0 atom stereocenters. The van der Waals surface area contributed by atoms with Crippen LogP contribution in [0.4, 0.5) is 5.69 Å². The number of aromatic nitrogens is 3. The lowest BCUT2D eigenvalue weighted by Gasteiger charge is -1.93. The van der Waals surface area contributed by atoms with Gasteiger partial charge in [0.25, 0.3) is 5.69 Å². The third-order valence-corrected chi connectivity index (χ3v) is 1.82. The molecule has 1 aromatic heterocycles. The van der Waals surface area contributed by atoms with Gasteiger partial charge in [-0.1, -0.05) is 5.21 Å². The molecule has 7 nitrogen and oxygen atoms in total. The molecule has 2 aromatic rings. The average Bonchev–Trinajstić information content (AvgIpc) is 2.64. The number of carbonyl (C=O) groups excluding carboxylic acids is 1. The fourth-order valence-electron chi connectivity index (χ4n) is 1.19. The summed E-state index contributed by atoms with van der Waals surface area (Å²) in [5, 5.41) is 19.9. The normalized spacial score (nSPS) is 10.3. The molecular weight excluding hydrogens is 188 g/mol. The predicted molar refractivity (Wildman–Crippen MR) is 45.9 cm³/mol. The van der Waals surface area contributed by atoms with Crippen LogP contribution < -0.4 is 0 Å². The van der Waals surface area contributed by atoms with Crippen LogP contribution in [0.3, 0.4) is 0 Å². The molecule has 0 bridgehead atoms. The molecule has 2 rings (SSSR count). The van der Waals surface area contributed by atoms with Crippen molar-refractivity contribution in [1.29, 1.82) is 0 Å². The Morgan fingerprint density at radius 2 is 2.29 bits per heavy atom. The smallest absolute Gasteiger partial charge is 0.298 e. The van der Waals surface area contributed by atoms with Crippen LogP contribution in [0.15, 0.2) is 12.1 Å². The minimum Gasteiger partial charge on any atom is -0.298 e. The summed E-state index contributed by atoms with van der Waals surface area (Å²) in [5.41, 5.74) is 0.517. The molecule has 1 N–H and O–H groups in total. The van der Waals surface area contributed by atoms with Crippen LogP contribution in [0.2, 0.25) is 0 Å². The summed E-state index contributed by atoms with van der Waals surface area (Å²) in [5.74, 6) is 0. The summed E-state index contributed by atoms with van der Waals surface area (Å²) in [4.78, 5) is 20.5. The minimum atomic E-state index is -0.570. The van der Waals surface area contributed by atoms with E-state index in [1.165, 1.54) is 12.1 Å². The number of nitro benzene ring substituents is 1. The highest BCUT2D eigenvalue weighted by Gasteiger charge is 2.16. The zero-order valence-electron chi connectivity index (χ0n) is 6.80. The quantitative estimate of drug-likeness (QED) is 0.428. The number of carbonyl (C=O) groups is 1. The van der Waals surface area contributed by atoms with Crippen LogP contribution in [0.1, 0.15) is 10.4 Å². The van der Waals surface area contributed by atoms with Gasteiger partial charge in [-0.15, -0.1) is 5.10 Å². The van der Waals surface area contributed by atoms with Crippen molar-refractivity contribution >= 4 is 23.0 Å². The summed E-state index contributed by atoms with van der Waals surface area (Å²) in [6, 6.07) is 2.59. The number of nitrogens with one attached hydrogen (secondary N) is 1. The van der Waals surface area contributed by atoms with Gasteiger partial charge in [-0.25, -0.2) is 0 Å². The highest BCUT2D eigenvalue weighted by molar-refractivity contribution is 5.97. The van der Waals surface area contributed by atoms with E-state index in [2.05, 4.69) is 15.4 Å². The SMILES string of the molecule is O=Cc1ccc([N+](=O)[O-])c2nn[nH]c12. The van der Waals surface area contributed by atoms with Gasteiger partial charge in [0.1, 0.15) is 5.52 Å². The standard InChI is InChI=1S/C7H4N4O3/c12-3-4-1-2-5(11(13)14)7-6(4)8-10-9-7/h1-3H,(H,8,9,10). The second kappa shape index (κ2) is 2.87. The Labute approximate surface area is 76.9 Å². The van der Waals surface area contributed by atoms with Crippen molar-refractivity contribution in [2.75, 3.05) is 0 Å². The summed E-state index contributed by atoms with van der Waals surface area (Å²) in [7, 11) is 0. The van der Waals surface area contributed by atoms with Crippen molar-refractivity contribution in [2.24, 2.45) is 0 Å². The molecule has 0 spiro atoms. The van der Waals surface area contributed by atoms with E-state index >= 15 is 0 Å². The number of nitrogens with zero attached hydrogens (tertiary/aromatic N) is 3. The number of rotatable bonds is 2. The fraction of sp³-hybridized carbons (Fsp3) is 0. The number of H-pyrrole nitrogens is 1. The highest BCUT2D eigenvalue weighted by Crippen LogP contribution is 2.23. The summed E-state index contributed by atoms with van der Waals surface area (Å²) >= 11 is 0. The van der Waals surface area contributed by atoms with Crippen LogP contribution in [0.5, 0.6) is 0 Å². The molecular formula is C7H4N4O3. The molecule has 0 aliphatic rings. The first-order valence-corrected chi connectivity index (χ1v) is 3.67. The molecule has 1 aromatic carbocycles. The van der Waals surface area contributed by atoms with Crippen LogP contribution >= 0.6 is 0 Å². The van der Waals surface area contributed by atoms with Crippen molar-refractivity contribution in [1.82, 2.24) is 15.4 Å². The molecule has 0 amide bonds. The molecule has 0 unspecified atom stereocenters. The molecule has 0 aliphatic carbocycles. The van der Waals surface area contributed by atoms with E-state index in [9.17, 15) is 14.9 Å². The van der Waals surface area contributed by atoms with Gasteiger partial charge in [0.15, 0.2) is 11.8 Å². The maximum absolute atomic E-state index is 10.6. The Morgan fingerprint density at radius 3 is 2.93 bits per heavy atom. The van der Waals surface area contributed by atoms with Gasteiger partial charge < -0.3 is 0 Å². The Bertz CT molecular complexity index is 519. The van der Waals surface area contributed by atoms with Gasteiger partial charge in [0, 0.05) is 11.6 Å². The van der Waals surface area contributed by atoms with Crippen molar-refractivity contribution < 1.29 is 9.72 Å². The third kappa shape index (κ3) is 1.03. The van der Waals surface area contributed by atoms with Crippen LogP contribution in [-0.4, -0.2) is 26.6 Å². The van der Waals surface area contributed by atoms with Gasteiger partial charge in [0.05, 0.1) is 4.92 Å². The van der Waals surface area contributed by atoms with E-state index in [4.69, 9.17) is 0 Å². The maximum Gasteiger partial charge on any atom is 0.299 e. The Balaban J connectivity index is 2.84. The molecule has 1 heterocycles. The third-order valence-electron chi connectivity index (χ3n) is 1.82. The summed E-state index contributed by atoms with van der Waals surface area (Å²) < 4.78 is 0. The maximum atomic E-state index is 10.6. The molecule has 70 valence electrons. The molecule has 7 heteroatoms. The number of benzene rings is 1. The van der Waals surface area contributed by atoms with E-state index in [0.717, 1.165) is 0 Å². The number of aldehydes is 1. The lowest BCUT2D eigenvalue weighted by Crippen LogP contribution is -1.91. The van der Waals surface area contributed by atoms with Crippen molar-refractivity contribution in [3.63, 3.8) is 0 Å². The van der Waals surface area contributed by atoms with Crippen molar-refractivity contribution in [3.05, 3.63) is 27.8 Å². The topological polar surface area (TPSA) is 102 Å².